The van der Waals surface area contributed by atoms with Crippen LogP contribution in [0.15, 0.2) is 73.1 Å². The van der Waals surface area contributed by atoms with Crippen molar-refractivity contribution >= 4 is 23.2 Å². The summed E-state index contributed by atoms with van der Waals surface area (Å²) in [5, 5.41) is 10.5. The second-order valence-corrected chi connectivity index (χ2v) is 8.10. The van der Waals surface area contributed by atoms with Crippen molar-refractivity contribution in [3.05, 3.63) is 101 Å². The van der Waals surface area contributed by atoms with Crippen molar-refractivity contribution in [1.29, 1.82) is 0 Å². The SMILES string of the molecule is Cc1ccc(-n2nc(C(=O)Nc3cccc(NC(=O)c4ccncc4)c3)c3c2CCC3)cc1. The number of hydrogen-bond acceptors (Lipinski definition) is 4. The third-order valence-corrected chi connectivity index (χ3v) is 5.74. The molecule has 0 atom stereocenters. The van der Waals surface area contributed by atoms with Crippen molar-refractivity contribution in [3.8, 4) is 5.69 Å². The molecule has 4 aromatic rings. The Kier molecular flexibility index (Phi) is 5.44. The predicted octanol–water partition coefficient (Wildman–Crippen LogP) is 4.57. The number of carbonyl (C=O) groups excluding carboxylic acids is 2. The Morgan fingerprint density at radius 1 is 0.879 bits per heavy atom. The second-order valence-electron chi connectivity index (χ2n) is 8.10. The average molecular weight is 438 g/mol. The van der Waals surface area contributed by atoms with Gasteiger partial charge in [0.15, 0.2) is 5.69 Å². The van der Waals surface area contributed by atoms with Crippen molar-refractivity contribution in [1.82, 2.24) is 14.8 Å². The van der Waals surface area contributed by atoms with E-state index < -0.39 is 0 Å². The summed E-state index contributed by atoms with van der Waals surface area (Å²) in [6.45, 7) is 2.05. The van der Waals surface area contributed by atoms with Gasteiger partial charge in [-0.2, -0.15) is 5.10 Å². The maximum absolute atomic E-state index is 13.1. The van der Waals surface area contributed by atoms with E-state index in [4.69, 9.17) is 0 Å². The quantitative estimate of drug-likeness (QED) is 0.479. The summed E-state index contributed by atoms with van der Waals surface area (Å²) in [6, 6.07) is 18.5. The zero-order chi connectivity index (χ0) is 22.8. The molecule has 164 valence electrons. The van der Waals surface area contributed by atoms with Crippen LogP contribution in [0.25, 0.3) is 5.69 Å². The lowest BCUT2D eigenvalue weighted by Crippen LogP contribution is -2.16. The summed E-state index contributed by atoms with van der Waals surface area (Å²) in [4.78, 5) is 29.5. The molecule has 2 amide bonds. The van der Waals surface area contributed by atoms with Crippen molar-refractivity contribution < 1.29 is 9.59 Å². The van der Waals surface area contributed by atoms with Crippen molar-refractivity contribution in [2.45, 2.75) is 26.2 Å². The Hall–Kier alpha value is -4.26. The second kappa shape index (κ2) is 8.70. The van der Waals surface area contributed by atoms with E-state index in [2.05, 4.69) is 20.7 Å². The Morgan fingerprint density at radius 3 is 2.30 bits per heavy atom. The molecule has 7 nitrogen and oxygen atoms in total. The molecule has 2 aromatic carbocycles. The third kappa shape index (κ3) is 4.25. The molecule has 2 aromatic heterocycles. The Bertz CT molecular complexity index is 1330. The first-order chi connectivity index (χ1) is 16.1. The molecule has 0 saturated heterocycles. The summed E-state index contributed by atoms with van der Waals surface area (Å²) in [5.41, 5.74) is 6.38. The summed E-state index contributed by atoms with van der Waals surface area (Å²) in [5.74, 6) is -0.493. The van der Waals surface area contributed by atoms with E-state index in [0.29, 0.717) is 22.6 Å². The van der Waals surface area contributed by atoms with E-state index in [-0.39, 0.29) is 11.8 Å². The van der Waals surface area contributed by atoms with Crippen LogP contribution in [0.3, 0.4) is 0 Å². The molecule has 33 heavy (non-hydrogen) atoms. The predicted molar refractivity (Wildman–Crippen MR) is 127 cm³/mol. The number of aryl methyl sites for hydroxylation is 1. The molecular formula is C26H23N5O2. The van der Waals surface area contributed by atoms with E-state index in [0.717, 1.165) is 36.2 Å². The van der Waals surface area contributed by atoms with Crippen molar-refractivity contribution in [2.24, 2.45) is 0 Å². The molecule has 0 bridgehead atoms. The fourth-order valence-electron chi connectivity index (χ4n) is 4.09. The normalized spacial score (nSPS) is 12.3. The van der Waals surface area contributed by atoms with E-state index >= 15 is 0 Å². The molecule has 0 fully saturated rings. The maximum atomic E-state index is 13.1. The molecule has 1 aliphatic carbocycles. The first-order valence-corrected chi connectivity index (χ1v) is 10.9. The molecular weight excluding hydrogens is 414 g/mol. The van der Waals surface area contributed by atoms with Crippen LogP contribution in [0.4, 0.5) is 11.4 Å². The lowest BCUT2D eigenvalue weighted by molar-refractivity contribution is 0.101. The largest absolute Gasteiger partial charge is 0.322 e. The number of hydrogen-bond donors (Lipinski definition) is 2. The topological polar surface area (TPSA) is 88.9 Å². The van der Waals surface area contributed by atoms with E-state index in [9.17, 15) is 9.59 Å². The molecule has 0 unspecified atom stereocenters. The Morgan fingerprint density at radius 2 is 1.58 bits per heavy atom. The van der Waals surface area contributed by atoms with Crippen LogP contribution < -0.4 is 10.6 Å². The van der Waals surface area contributed by atoms with Gasteiger partial charge in [-0.3, -0.25) is 14.6 Å². The number of anilines is 2. The van der Waals surface area contributed by atoms with Crippen LogP contribution in [0.5, 0.6) is 0 Å². The number of benzene rings is 2. The summed E-state index contributed by atoms with van der Waals surface area (Å²) in [7, 11) is 0. The van der Waals surface area contributed by atoms with Gasteiger partial charge in [0.2, 0.25) is 0 Å². The molecule has 1 aliphatic rings. The van der Waals surface area contributed by atoms with Crippen LogP contribution in [0, 0.1) is 6.92 Å². The molecule has 0 radical (unpaired) electrons. The molecule has 0 saturated carbocycles. The Balaban J connectivity index is 1.36. The van der Waals surface area contributed by atoms with Gasteiger partial charge in [-0.15, -0.1) is 0 Å². The number of nitrogens with one attached hydrogen (secondary N) is 2. The first-order valence-electron chi connectivity index (χ1n) is 10.9. The fourth-order valence-corrected chi connectivity index (χ4v) is 4.09. The zero-order valence-corrected chi connectivity index (χ0v) is 18.2. The van der Waals surface area contributed by atoms with E-state index in [1.54, 1.807) is 48.8 Å². The highest BCUT2D eigenvalue weighted by atomic mass is 16.2. The van der Waals surface area contributed by atoms with Crippen LogP contribution in [0.1, 0.15) is 44.1 Å². The molecule has 0 spiro atoms. The summed E-state index contributed by atoms with van der Waals surface area (Å²) >= 11 is 0. The number of rotatable bonds is 5. The average Bonchev–Trinajstić information content (AvgIpc) is 3.44. The first kappa shape index (κ1) is 20.6. The minimum Gasteiger partial charge on any atom is -0.322 e. The lowest BCUT2D eigenvalue weighted by Gasteiger charge is -2.09. The summed E-state index contributed by atoms with van der Waals surface area (Å²) in [6.07, 6.45) is 5.89. The van der Waals surface area contributed by atoms with Gasteiger partial charge in [-0.05, 0) is 68.7 Å². The molecule has 2 N–H and O–H groups in total. The zero-order valence-electron chi connectivity index (χ0n) is 18.2. The van der Waals surface area contributed by atoms with Gasteiger partial charge < -0.3 is 10.6 Å². The van der Waals surface area contributed by atoms with Gasteiger partial charge in [0.25, 0.3) is 11.8 Å². The number of nitrogens with zero attached hydrogens (tertiary/aromatic N) is 3. The molecule has 7 heteroatoms. The minimum absolute atomic E-state index is 0.240. The maximum Gasteiger partial charge on any atom is 0.276 e. The number of pyridine rings is 1. The van der Waals surface area contributed by atoms with Crippen molar-refractivity contribution in [3.63, 3.8) is 0 Å². The fraction of sp³-hybridized carbons (Fsp3) is 0.154. The molecule has 2 heterocycles. The van der Waals surface area contributed by atoms with E-state index in [1.165, 1.54) is 5.56 Å². The van der Waals surface area contributed by atoms with Gasteiger partial charge in [0.05, 0.1) is 5.69 Å². The van der Waals surface area contributed by atoms with Crippen LogP contribution in [-0.2, 0) is 12.8 Å². The van der Waals surface area contributed by atoms with Gasteiger partial charge >= 0.3 is 0 Å². The minimum atomic E-state index is -0.253. The van der Waals surface area contributed by atoms with Gasteiger partial charge in [0.1, 0.15) is 0 Å². The number of aromatic nitrogens is 3. The van der Waals surface area contributed by atoms with Crippen LogP contribution >= 0.6 is 0 Å². The van der Waals surface area contributed by atoms with Crippen LogP contribution in [0.2, 0.25) is 0 Å². The Labute approximate surface area is 191 Å². The highest BCUT2D eigenvalue weighted by Crippen LogP contribution is 2.28. The van der Waals surface area contributed by atoms with Crippen molar-refractivity contribution in [2.75, 3.05) is 10.6 Å². The lowest BCUT2D eigenvalue weighted by atomic mass is 10.2. The third-order valence-electron chi connectivity index (χ3n) is 5.74. The molecule has 0 aliphatic heterocycles. The monoisotopic (exact) mass is 437 g/mol. The van der Waals surface area contributed by atoms with E-state index in [1.807, 2.05) is 35.9 Å². The van der Waals surface area contributed by atoms with Gasteiger partial charge in [-0.1, -0.05) is 23.8 Å². The smallest absolute Gasteiger partial charge is 0.276 e. The van der Waals surface area contributed by atoms with Gasteiger partial charge in [0, 0.05) is 40.6 Å². The summed E-state index contributed by atoms with van der Waals surface area (Å²) < 4.78 is 1.89. The highest BCUT2D eigenvalue weighted by Gasteiger charge is 2.27. The number of fused-ring (bicyclic) bond motifs is 1. The number of carbonyl (C=O) groups is 2. The number of amides is 2. The van der Waals surface area contributed by atoms with Gasteiger partial charge in [-0.25, -0.2) is 4.68 Å². The highest BCUT2D eigenvalue weighted by molar-refractivity contribution is 6.06. The molecule has 5 rings (SSSR count). The standard InChI is InChI=1S/C26H23N5O2/c1-17-8-10-21(11-9-17)31-23-7-3-6-22(23)24(30-31)26(33)29-20-5-2-4-19(16-20)28-25(32)18-12-14-27-15-13-18/h2,4-5,8-16H,3,6-7H2,1H3,(H,28,32)(H,29,33). The van der Waals surface area contributed by atoms with Crippen LogP contribution in [-0.4, -0.2) is 26.6 Å².